The predicted molar refractivity (Wildman–Crippen MR) is 137 cm³/mol. The van der Waals surface area contributed by atoms with E-state index in [1.165, 1.54) is 13.1 Å². The average Bonchev–Trinajstić information content (AvgIpc) is 3.27. The Morgan fingerprint density at radius 3 is 2.50 bits per heavy atom. The fourth-order valence-electron chi connectivity index (χ4n) is 5.48. The van der Waals surface area contributed by atoms with Gasteiger partial charge >= 0.3 is 6.18 Å². The number of aromatic nitrogens is 5. The maximum atomic E-state index is 14.0. The van der Waals surface area contributed by atoms with Crippen molar-refractivity contribution in [2.45, 2.75) is 51.6 Å². The van der Waals surface area contributed by atoms with Gasteiger partial charge in [0.2, 0.25) is 0 Å². The second kappa shape index (κ2) is 9.40. The number of anilines is 1. The van der Waals surface area contributed by atoms with Crippen LogP contribution in [0.5, 0.6) is 0 Å². The summed E-state index contributed by atoms with van der Waals surface area (Å²) in [6, 6.07) is 9.04. The molecule has 1 saturated heterocycles. The van der Waals surface area contributed by atoms with Crippen LogP contribution in [0, 0.1) is 11.3 Å². The number of aryl methyl sites for hydroxylation is 1. The van der Waals surface area contributed by atoms with Crippen LogP contribution in [-0.2, 0) is 19.8 Å². The number of rotatable bonds is 4. The number of hydrogen-bond donors (Lipinski definition) is 0. The molecule has 0 saturated carbocycles. The largest absolute Gasteiger partial charge is 0.435 e. The number of benzene rings is 1. The molecule has 1 aromatic carbocycles. The highest BCUT2D eigenvalue weighted by atomic mass is 19.4. The van der Waals surface area contributed by atoms with E-state index in [2.05, 4.69) is 33.8 Å². The smallest absolute Gasteiger partial charge is 0.364 e. The van der Waals surface area contributed by atoms with E-state index in [1.54, 1.807) is 18.5 Å². The predicted octanol–water partition coefficient (Wildman–Crippen LogP) is 3.88. The molecule has 12 heteroatoms. The van der Waals surface area contributed by atoms with Crippen molar-refractivity contribution in [3.05, 3.63) is 58.3 Å². The first-order valence-corrected chi connectivity index (χ1v) is 12.3. The molecule has 1 fully saturated rings. The summed E-state index contributed by atoms with van der Waals surface area (Å²) in [6.45, 7) is 6.68. The third-order valence-electron chi connectivity index (χ3n) is 7.40. The maximum absolute atomic E-state index is 14.0. The molecule has 4 heterocycles. The Morgan fingerprint density at radius 1 is 1.11 bits per heavy atom. The molecule has 0 amide bonds. The van der Waals surface area contributed by atoms with Crippen molar-refractivity contribution in [3.63, 3.8) is 0 Å². The molecule has 0 aliphatic carbocycles. The lowest BCUT2D eigenvalue weighted by molar-refractivity contribution is -0.142. The minimum Gasteiger partial charge on any atom is -0.364 e. The molecule has 38 heavy (non-hydrogen) atoms. The van der Waals surface area contributed by atoms with Crippen LogP contribution in [0.3, 0.4) is 0 Å². The Labute approximate surface area is 216 Å². The van der Waals surface area contributed by atoms with Crippen LogP contribution >= 0.6 is 0 Å². The van der Waals surface area contributed by atoms with Gasteiger partial charge in [-0.3, -0.25) is 19.7 Å². The van der Waals surface area contributed by atoms with Crippen molar-refractivity contribution in [1.82, 2.24) is 29.2 Å². The van der Waals surface area contributed by atoms with Gasteiger partial charge in [0.05, 0.1) is 22.8 Å². The highest BCUT2D eigenvalue weighted by molar-refractivity contribution is 5.90. The van der Waals surface area contributed by atoms with Gasteiger partial charge in [-0.05, 0) is 38.5 Å². The van der Waals surface area contributed by atoms with Gasteiger partial charge in [0.1, 0.15) is 17.6 Å². The summed E-state index contributed by atoms with van der Waals surface area (Å²) in [5.74, 6) is 0. The van der Waals surface area contributed by atoms with Gasteiger partial charge in [-0.15, -0.1) is 0 Å². The number of halogens is 3. The zero-order valence-corrected chi connectivity index (χ0v) is 21.4. The molecular weight excluding hydrogens is 497 g/mol. The molecule has 5 rings (SSSR count). The SMILES string of the molecule is C[C@@H]1CN(c2cc(=O)n(C)c3c(C(F)(F)F)n(CC#N)nc23)[C@@H](C)CN1[C@H](C)c1ccc2nccnc2c1. The van der Waals surface area contributed by atoms with Crippen LogP contribution in [0.25, 0.3) is 22.1 Å². The van der Waals surface area contributed by atoms with Gasteiger partial charge in [0.15, 0.2) is 5.69 Å². The van der Waals surface area contributed by atoms with Gasteiger partial charge in [0.25, 0.3) is 5.56 Å². The molecule has 3 atom stereocenters. The molecule has 0 bridgehead atoms. The fourth-order valence-corrected chi connectivity index (χ4v) is 5.48. The number of piperazine rings is 1. The van der Waals surface area contributed by atoms with Crippen molar-refractivity contribution in [3.8, 4) is 6.07 Å². The minimum absolute atomic E-state index is 0.0149. The van der Waals surface area contributed by atoms with Gasteiger partial charge < -0.3 is 9.47 Å². The highest BCUT2D eigenvalue weighted by Gasteiger charge is 2.41. The van der Waals surface area contributed by atoms with Crippen molar-refractivity contribution >= 4 is 27.8 Å². The zero-order chi connectivity index (χ0) is 27.4. The first kappa shape index (κ1) is 25.7. The molecule has 0 spiro atoms. The number of nitriles is 1. The topological polar surface area (TPSA) is 95.9 Å². The minimum atomic E-state index is -4.79. The van der Waals surface area contributed by atoms with E-state index in [9.17, 15) is 18.0 Å². The Bertz CT molecular complexity index is 1620. The molecule has 1 aliphatic rings. The van der Waals surface area contributed by atoms with E-state index in [-0.39, 0.29) is 29.2 Å². The summed E-state index contributed by atoms with van der Waals surface area (Å²) in [5, 5.41) is 13.3. The Kier molecular flexibility index (Phi) is 6.35. The lowest BCUT2D eigenvalue weighted by Gasteiger charge is -2.47. The number of fused-ring (bicyclic) bond motifs is 2. The Hall–Kier alpha value is -3.98. The van der Waals surface area contributed by atoms with E-state index >= 15 is 0 Å². The molecule has 0 N–H and O–H groups in total. The molecule has 3 aromatic heterocycles. The van der Waals surface area contributed by atoms with Crippen molar-refractivity contribution in [2.75, 3.05) is 18.0 Å². The molecule has 198 valence electrons. The van der Waals surface area contributed by atoms with Crippen LogP contribution in [0.15, 0.2) is 41.5 Å². The lowest BCUT2D eigenvalue weighted by atomic mass is 9.99. The summed E-state index contributed by atoms with van der Waals surface area (Å²) < 4.78 is 43.7. The molecule has 1 aliphatic heterocycles. The second-order valence-corrected chi connectivity index (χ2v) is 9.81. The van der Waals surface area contributed by atoms with E-state index < -0.39 is 24.0 Å². The van der Waals surface area contributed by atoms with Crippen molar-refractivity contribution in [2.24, 2.45) is 7.05 Å². The van der Waals surface area contributed by atoms with Crippen LogP contribution < -0.4 is 10.5 Å². The summed E-state index contributed by atoms with van der Waals surface area (Å²) in [5.41, 5.74) is 1.15. The number of hydrogen-bond acceptors (Lipinski definition) is 7. The molecule has 0 radical (unpaired) electrons. The first-order chi connectivity index (χ1) is 18.0. The van der Waals surface area contributed by atoms with Crippen LogP contribution in [0.2, 0.25) is 0 Å². The van der Waals surface area contributed by atoms with Crippen molar-refractivity contribution in [1.29, 1.82) is 5.26 Å². The molecular formula is C26H27F3N8O. The third kappa shape index (κ3) is 4.26. The van der Waals surface area contributed by atoms with Gasteiger partial charge in [-0.25, -0.2) is 4.68 Å². The quantitative estimate of drug-likeness (QED) is 0.400. The summed E-state index contributed by atoms with van der Waals surface area (Å²) >= 11 is 0. The monoisotopic (exact) mass is 524 g/mol. The second-order valence-electron chi connectivity index (χ2n) is 9.81. The van der Waals surface area contributed by atoms with E-state index in [0.717, 1.165) is 21.2 Å². The van der Waals surface area contributed by atoms with Gasteiger partial charge in [-0.1, -0.05) is 6.07 Å². The standard InChI is InChI=1S/C26H27F3N8O/c1-15-14-36(16(2)13-35(15)17(3)18-5-6-19-20(11-18)32-9-8-31-19)21-12-22(38)34(4)24-23(21)33-37(10-7-30)25(24)26(27,28)29/h5-6,8-9,11-12,15-17H,10,13-14H2,1-4H3/t15-,16+,17-/m1/s1. The molecule has 4 aromatic rings. The number of pyridine rings is 1. The first-order valence-electron chi connectivity index (χ1n) is 12.3. The van der Waals surface area contributed by atoms with Gasteiger partial charge in [-0.2, -0.15) is 23.5 Å². The normalized spacial score (nSPS) is 19.7. The van der Waals surface area contributed by atoms with Gasteiger partial charge in [0, 0.05) is 56.7 Å². The van der Waals surface area contributed by atoms with E-state index in [4.69, 9.17) is 5.26 Å². The molecule has 0 unspecified atom stereocenters. The van der Waals surface area contributed by atoms with Crippen LogP contribution in [0.1, 0.15) is 38.1 Å². The highest BCUT2D eigenvalue weighted by Crippen LogP contribution is 2.38. The number of alkyl halides is 3. The summed E-state index contributed by atoms with van der Waals surface area (Å²) in [7, 11) is 1.29. The molecule has 9 nitrogen and oxygen atoms in total. The number of nitrogens with zero attached hydrogens (tertiary/aromatic N) is 8. The van der Waals surface area contributed by atoms with Crippen LogP contribution in [0.4, 0.5) is 18.9 Å². The van der Waals surface area contributed by atoms with E-state index in [0.29, 0.717) is 23.5 Å². The maximum Gasteiger partial charge on any atom is 0.435 e. The van der Waals surface area contributed by atoms with E-state index in [1.807, 2.05) is 30.0 Å². The average molecular weight is 525 g/mol. The summed E-state index contributed by atoms with van der Waals surface area (Å²) in [6.07, 6.45) is -1.47. The Balaban J connectivity index is 1.52. The zero-order valence-electron chi connectivity index (χ0n) is 21.4. The summed E-state index contributed by atoms with van der Waals surface area (Å²) in [4.78, 5) is 25.9. The fraction of sp³-hybridized carbons (Fsp3) is 0.423. The van der Waals surface area contributed by atoms with Crippen LogP contribution in [-0.4, -0.2) is 54.4 Å². The lowest BCUT2D eigenvalue weighted by Crippen LogP contribution is -2.57. The third-order valence-corrected chi connectivity index (χ3v) is 7.40. The van der Waals surface area contributed by atoms with Crippen molar-refractivity contribution < 1.29 is 13.2 Å². The Morgan fingerprint density at radius 2 is 1.82 bits per heavy atom.